The molecule has 0 radical (unpaired) electrons. The summed E-state index contributed by atoms with van der Waals surface area (Å²) in [6.45, 7) is 2.81. The number of ether oxygens (including phenoxy) is 1. The Morgan fingerprint density at radius 1 is 0.571 bits per heavy atom. The Morgan fingerprint density at radius 2 is 0.959 bits per heavy atom. The van der Waals surface area contributed by atoms with Gasteiger partial charge in [0.2, 0.25) is 5.72 Å². The minimum absolute atomic E-state index is 0.0530. The minimum Gasteiger partial charge on any atom is -0.489 e. The summed E-state index contributed by atoms with van der Waals surface area (Å²) < 4.78 is 183. The van der Waals surface area contributed by atoms with Gasteiger partial charge in [-0.05, 0) is 6.92 Å². The van der Waals surface area contributed by atoms with Crippen LogP contribution in [0.2, 0.25) is 0 Å². The van der Waals surface area contributed by atoms with Crippen molar-refractivity contribution in [1.82, 2.24) is 0 Å². The summed E-state index contributed by atoms with van der Waals surface area (Å²) in [7, 11) is 2.19. The largest absolute Gasteiger partial charge is 0.864 e. The lowest BCUT2D eigenvalue weighted by Gasteiger charge is -2.43. The van der Waals surface area contributed by atoms with E-state index in [9.17, 15) is 48.3 Å². The van der Waals surface area contributed by atoms with Gasteiger partial charge in [-0.25, -0.2) is 43.9 Å². The van der Waals surface area contributed by atoms with E-state index in [4.69, 9.17) is 18.7 Å². The molecule has 0 spiro atoms. The first-order chi connectivity index (χ1) is 22.7. The zero-order valence-electron chi connectivity index (χ0n) is 25.9. The van der Waals surface area contributed by atoms with E-state index in [1.807, 2.05) is 0 Å². The van der Waals surface area contributed by atoms with E-state index in [0.717, 1.165) is 12.1 Å². The number of hydrogen-bond acceptors (Lipinski definition) is 4. The Balaban J connectivity index is 0.000000624. The maximum Gasteiger partial charge on any atom is 0.864 e. The van der Waals surface area contributed by atoms with Gasteiger partial charge in [-0.15, -0.1) is 12.1 Å². The first kappa shape index (κ1) is 38.9. The van der Waals surface area contributed by atoms with Gasteiger partial charge in [-0.1, -0.05) is 0 Å². The average molecular weight is 713 g/mol. The summed E-state index contributed by atoms with van der Waals surface area (Å²) in [4.78, 5) is 0. The number of nitrogens with zero attached hydrogens (tertiary/aromatic N) is 1. The Kier molecular flexibility index (Phi) is 12.2. The van der Waals surface area contributed by atoms with E-state index in [1.54, 1.807) is 0 Å². The highest BCUT2D eigenvalue weighted by atomic mass is 19.2. The highest BCUT2D eigenvalue weighted by Crippen LogP contribution is 2.42. The van der Waals surface area contributed by atoms with Gasteiger partial charge in [0.25, 0.3) is 0 Å². The zero-order valence-corrected chi connectivity index (χ0v) is 25.9. The predicted molar refractivity (Wildman–Crippen MR) is 149 cm³/mol. The summed E-state index contributed by atoms with van der Waals surface area (Å²) >= 11 is 0. The quantitative estimate of drug-likeness (QED) is 0.0414. The van der Waals surface area contributed by atoms with Crippen LogP contribution >= 0.6 is 0 Å². The van der Waals surface area contributed by atoms with E-state index >= 15 is 4.39 Å². The standard InChI is InChI=1S/C25H22BF9NO4.C6H2F3/c1-6-37-25(2,36(3,4)5)20-19(11-18(31)23(34)24(20)35)40-26(38-12-7-14(27)21(32)15(28)8-12)39-13-9-16(29)22(33)17(30)10-13;7-4-2-1-3-5(8)6(4)9/h7-11H,6H2,1-5H3;2-3H/q+1;-1. The number of halogens is 12. The molecule has 0 N–H and O–H groups in total. The van der Waals surface area contributed by atoms with E-state index in [1.165, 1.54) is 35.0 Å². The summed E-state index contributed by atoms with van der Waals surface area (Å²) in [5, 5.41) is 0. The summed E-state index contributed by atoms with van der Waals surface area (Å²) in [6, 6.07) is 5.30. The average Bonchev–Trinajstić information content (AvgIpc) is 3.00. The van der Waals surface area contributed by atoms with Crippen LogP contribution in [0.4, 0.5) is 52.7 Å². The molecule has 18 heteroatoms. The van der Waals surface area contributed by atoms with Crippen molar-refractivity contribution in [1.29, 1.82) is 0 Å². The van der Waals surface area contributed by atoms with Crippen molar-refractivity contribution < 1.29 is 75.9 Å². The fourth-order valence-corrected chi connectivity index (χ4v) is 4.01. The van der Waals surface area contributed by atoms with Crippen molar-refractivity contribution in [2.75, 3.05) is 27.7 Å². The molecule has 0 aliphatic rings. The lowest BCUT2D eigenvalue weighted by molar-refractivity contribution is -0.958. The van der Waals surface area contributed by atoms with Gasteiger partial charge in [0.1, 0.15) is 22.8 Å². The minimum atomic E-state index is -2.39. The number of rotatable bonds is 10. The van der Waals surface area contributed by atoms with Gasteiger partial charge < -0.3 is 18.7 Å². The number of hydrogen-bond donors (Lipinski definition) is 0. The Bertz CT molecular complexity index is 1700. The van der Waals surface area contributed by atoms with Crippen LogP contribution in [0.25, 0.3) is 0 Å². The molecule has 0 aliphatic heterocycles. The van der Waals surface area contributed by atoms with Crippen LogP contribution < -0.4 is 14.0 Å². The first-order valence-electron chi connectivity index (χ1n) is 13.6. The fourth-order valence-electron chi connectivity index (χ4n) is 4.01. The van der Waals surface area contributed by atoms with Crippen molar-refractivity contribution in [3.05, 3.63) is 124 Å². The van der Waals surface area contributed by atoms with E-state index in [2.05, 4.69) is 6.07 Å². The van der Waals surface area contributed by atoms with E-state index in [-0.39, 0.29) is 11.1 Å². The lowest BCUT2D eigenvalue weighted by atomic mass is 9.98. The molecule has 0 heterocycles. The molecule has 49 heavy (non-hydrogen) atoms. The van der Waals surface area contributed by atoms with Gasteiger partial charge in [0.15, 0.2) is 52.4 Å². The van der Waals surface area contributed by atoms with Crippen LogP contribution in [0.15, 0.2) is 42.5 Å². The normalized spacial score (nSPS) is 12.5. The van der Waals surface area contributed by atoms with Gasteiger partial charge in [-0.3, -0.25) is 13.3 Å². The highest BCUT2D eigenvalue weighted by Gasteiger charge is 2.48. The van der Waals surface area contributed by atoms with Crippen LogP contribution in [0.5, 0.6) is 17.2 Å². The number of quaternary nitrogens is 1. The van der Waals surface area contributed by atoms with Crippen molar-refractivity contribution in [2.45, 2.75) is 19.6 Å². The van der Waals surface area contributed by atoms with Gasteiger partial charge in [0, 0.05) is 48.9 Å². The Hall–Kier alpha value is -4.58. The maximum absolute atomic E-state index is 15.3. The summed E-state index contributed by atoms with van der Waals surface area (Å²) in [6.07, 6.45) is 0. The second-order valence-corrected chi connectivity index (χ2v) is 10.8. The molecule has 0 bridgehead atoms. The molecular weight excluding hydrogens is 689 g/mol. The van der Waals surface area contributed by atoms with Crippen LogP contribution in [-0.2, 0) is 10.5 Å². The van der Waals surface area contributed by atoms with E-state index in [0.29, 0.717) is 30.3 Å². The lowest BCUT2D eigenvalue weighted by Crippen LogP contribution is -2.55. The van der Waals surface area contributed by atoms with Crippen LogP contribution in [0.3, 0.4) is 0 Å². The van der Waals surface area contributed by atoms with Crippen LogP contribution in [-0.4, -0.2) is 39.6 Å². The molecule has 0 amide bonds. The molecule has 4 aromatic carbocycles. The van der Waals surface area contributed by atoms with Crippen molar-refractivity contribution in [3.8, 4) is 17.2 Å². The third-order valence-corrected chi connectivity index (χ3v) is 6.74. The third-order valence-electron chi connectivity index (χ3n) is 6.74. The fraction of sp³-hybridized carbons (Fsp3) is 0.226. The topological polar surface area (TPSA) is 36.9 Å². The van der Waals surface area contributed by atoms with Gasteiger partial charge >= 0.3 is 7.32 Å². The van der Waals surface area contributed by atoms with Crippen molar-refractivity contribution in [3.63, 3.8) is 0 Å². The van der Waals surface area contributed by atoms with Crippen LogP contribution in [0, 0.1) is 75.9 Å². The predicted octanol–water partition coefficient (Wildman–Crippen LogP) is 8.28. The maximum atomic E-state index is 15.3. The molecule has 264 valence electrons. The Labute approximate surface area is 272 Å². The molecule has 1 atom stereocenters. The van der Waals surface area contributed by atoms with Crippen molar-refractivity contribution in [2.24, 2.45) is 0 Å². The molecule has 0 saturated heterocycles. The number of benzene rings is 4. The molecule has 0 aromatic heterocycles. The van der Waals surface area contributed by atoms with Crippen molar-refractivity contribution >= 4 is 7.32 Å². The van der Waals surface area contributed by atoms with Gasteiger partial charge in [-0.2, -0.15) is 6.07 Å². The van der Waals surface area contributed by atoms with Gasteiger partial charge in [0.05, 0.1) is 33.6 Å². The summed E-state index contributed by atoms with van der Waals surface area (Å²) in [5.74, 6) is -22.3. The molecular formula is C31H24BF12NO4. The SMILES string of the molecule is CCOC(C)(c1c(OB(Oc2cc(F)c(F)c(F)c2)Oc2cc(F)c(F)c(F)c2)cc(F)c(F)c1F)[N+](C)(C)C.Fc1c[c-]cc(F)c1F. The first-order valence-corrected chi connectivity index (χ1v) is 13.6. The van der Waals surface area contributed by atoms with E-state index < -0.39 is 106 Å². The zero-order chi connectivity index (χ0) is 37.0. The third kappa shape index (κ3) is 8.72. The van der Waals surface area contributed by atoms with Crippen LogP contribution in [0.1, 0.15) is 19.4 Å². The monoisotopic (exact) mass is 713 g/mol. The molecule has 5 nitrogen and oxygen atoms in total. The molecule has 0 fully saturated rings. The highest BCUT2D eigenvalue weighted by molar-refractivity contribution is 6.39. The Morgan fingerprint density at radius 3 is 1.33 bits per heavy atom. The molecule has 4 aromatic rings. The smallest absolute Gasteiger partial charge is 0.489 e. The second kappa shape index (κ2) is 15.3. The molecule has 0 saturated carbocycles. The molecule has 0 aliphatic carbocycles. The second-order valence-electron chi connectivity index (χ2n) is 10.8. The summed E-state index contributed by atoms with van der Waals surface area (Å²) in [5.41, 5.74) is -2.50. The molecule has 4 rings (SSSR count). The molecule has 1 unspecified atom stereocenters.